The highest BCUT2D eigenvalue weighted by Gasteiger charge is 2.27. The fourth-order valence-electron chi connectivity index (χ4n) is 2.68. The molecule has 1 amide bonds. The van der Waals surface area contributed by atoms with Gasteiger partial charge in [0.25, 0.3) is 5.91 Å². The fraction of sp³-hybridized carbons (Fsp3) is 0.375. The van der Waals surface area contributed by atoms with Gasteiger partial charge >= 0.3 is 0 Å². The van der Waals surface area contributed by atoms with Crippen LogP contribution in [0.5, 0.6) is 0 Å². The summed E-state index contributed by atoms with van der Waals surface area (Å²) in [6.07, 6.45) is 3.94. The topological polar surface area (TPSA) is 58.4 Å². The van der Waals surface area contributed by atoms with Gasteiger partial charge in [0.2, 0.25) is 0 Å². The van der Waals surface area contributed by atoms with E-state index in [1.165, 1.54) is 0 Å². The lowest BCUT2D eigenvalue weighted by molar-refractivity contribution is 0.0297. The smallest absolute Gasteiger partial charge is 0.253 e. The molecule has 5 nitrogen and oxygen atoms in total. The zero-order valence-electron chi connectivity index (χ0n) is 12.0. The summed E-state index contributed by atoms with van der Waals surface area (Å²) in [7, 11) is 0. The van der Waals surface area contributed by atoms with Crippen molar-refractivity contribution in [1.82, 2.24) is 14.7 Å². The van der Waals surface area contributed by atoms with Gasteiger partial charge in [0.1, 0.15) is 0 Å². The van der Waals surface area contributed by atoms with Crippen molar-refractivity contribution < 1.29 is 9.90 Å². The molecular formula is C16H19N3O2. The first-order valence-electron chi connectivity index (χ1n) is 7.22. The first kappa shape index (κ1) is 13.8. The van der Waals surface area contributed by atoms with Crippen molar-refractivity contribution in [3.63, 3.8) is 0 Å². The van der Waals surface area contributed by atoms with Crippen LogP contribution in [0.2, 0.25) is 0 Å². The summed E-state index contributed by atoms with van der Waals surface area (Å²) >= 11 is 0. The molecule has 0 bridgehead atoms. The Bertz CT molecular complexity index is 607. The average Bonchev–Trinajstić information content (AvgIpc) is 3.04. The van der Waals surface area contributed by atoms with Gasteiger partial charge in [-0.05, 0) is 42.7 Å². The second kappa shape index (κ2) is 5.69. The molecule has 1 saturated heterocycles. The number of aliphatic hydroxyl groups is 1. The molecule has 0 radical (unpaired) electrons. The third-order valence-electron chi connectivity index (χ3n) is 4.03. The van der Waals surface area contributed by atoms with E-state index >= 15 is 0 Å². The van der Waals surface area contributed by atoms with Gasteiger partial charge in [-0.1, -0.05) is 6.92 Å². The van der Waals surface area contributed by atoms with E-state index in [2.05, 4.69) is 5.10 Å². The molecule has 1 N–H and O–H groups in total. The molecule has 1 aromatic heterocycles. The van der Waals surface area contributed by atoms with Gasteiger partial charge in [-0.2, -0.15) is 5.10 Å². The first-order chi connectivity index (χ1) is 10.1. The van der Waals surface area contributed by atoms with Gasteiger partial charge in [0.15, 0.2) is 0 Å². The van der Waals surface area contributed by atoms with Gasteiger partial charge < -0.3 is 10.0 Å². The van der Waals surface area contributed by atoms with Crippen molar-refractivity contribution in [2.24, 2.45) is 5.92 Å². The monoisotopic (exact) mass is 285 g/mol. The number of carbonyl (C=O) groups is 1. The number of hydrogen-bond acceptors (Lipinski definition) is 3. The quantitative estimate of drug-likeness (QED) is 0.914. The van der Waals surface area contributed by atoms with Gasteiger partial charge in [0.05, 0.1) is 11.8 Å². The van der Waals surface area contributed by atoms with Crippen molar-refractivity contribution in [3.8, 4) is 5.69 Å². The standard InChI is InChI=1S/C16H19N3O2/c1-12-11-18(10-7-15(12)20)16(21)13-3-5-14(6-4-13)19-9-2-8-17-19/h2-6,8-9,12,15,20H,7,10-11H2,1H3. The summed E-state index contributed by atoms with van der Waals surface area (Å²) in [6.45, 7) is 3.21. The zero-order valence-corrected chi connectivity index (χ0v) is 12.0. The van der Waals surface area contributed by atoms with E-state index in [1.54, 1.807) is 10.9 Å². The maximum Gasteiger partial charge on any atom is 0.253 e. The average molecular weight is 285 g/mol. The van der Waals surface area contributed by atoms with E-state index in [0.717, 1.165) is 5.69 Å². The minimum absolute atomic E-state index is 0.0285. The SMILES string of the molecule is CC1CN(C(=O)c2ccc(-n3cccn3)cc2)CCC1O. The maximum absolute atomic E-state index is 12.5. The second-order valence-electron chi connectivity index (χ2n) is 5.58. The molecule has 5 heteroatoms. The van der Waals surface area contributed by atoms with Crippen LogP contribution < -0.4 is 0 Å². The summed E-state index contributed by atoms with van der Waals surface area (Å²) in [5, 5.41) is 13.9. The molecule has 1 aliphatic rings. The number of aromatic nitrogens is 2. The Kier molecular flexibility index (Phi) is 3.75. The van der Waals surface area contributed by atoms with Crippen LogP contribution in [0.25, 0.3) is 5.69 Å². The zero-order chi connectivity index (χ0) is 14.8. The molecule has 2 unspecified atom stereocenters. The molecule has 0 aliphatic carbocycles. The molecule has 3 rings (SSSR count). The summed E-state index contributed by atoms with van der Waals surface area (Å²) in [4.78, 5) is 14.3. The number of likely N-dealkylation sites (tertiary alicyclic amines) is 1. The minimum Gasteiger partial charge on any atom is -0.393 e. The first-order valence-corrected chi connectivity index (χ1v) is 7.22. The third-order valence-corrected chi connectivity index (χ3v) is 4.03. The normalized spacial score (nSPS) is 22.3. The number of nitrogens with zero attached hydrogens (tertiary/aromatic N) is 3. The predicted molar refractivity (Wildman–Crippen MR) is 79.3 cm³/mol. The summed E-state index contributed by atoms with van der Waals surface area (Å²) in [5.74, 6) is 0.159. The van der Waals surface area contributed by atoms with Crippen LogP contribution >= 0.6 is 0 Å². The number of piperidine rings is 1. The fourth-order valence-corrected chi connectivity index (χ4v) is 2.68. The van der Waals surface area contributed by atoms with Gasteiger partial charge in [-0.25, -0.2) is 4.68 Å². The van der Waals surface area contributed by atoms with Crippen LogP contribution in [-0.2, 0) is 0 Å². The highest BCUT2D eigenvalue weighted by Crippen LogP contribution is 2.19. The number of aliphatic hydroxyl groups excluding tert-OH is 1. The van der Waals surface area contributed by atoms with Gasteiger partial charge in [-0.15, -0.1) is 0 Å². The van der Waals surface area contributed by atoms with Crippen molar-refractivity contribution in [3.05, 3.63) is 48.3 Å². The molecule has 0 saturated carbocycles. The lowest BCUT2D eigenvalue weighted by Crippen LogP contribution is -2.44. The Hall–Kier alpha value is -2.14. The van der Waals surface area contributed by atoms with E-state index in [9.17, 15) is 9.90 Å². The molecule has 110 valence electrons. The molecule has 2 aromatic rings. The van der Waals surface area contributed by atoms with Crippen LogP contribution in [0, 0.1) is 5.92 Å². The van der Waals surface area contributed by atoms with Crippen LogP contribution in [0.3, 0.4) is 0 Å². The molecule has 21 heavy (non-hydrogen) atoms. The minimum atomic E-state index is -0.295. The number of rotatable bonds is 2. The van der Waals surface area contributed by atoms with Crippen molar-refractivity contribution in [1.29, 1.82) is 0 Å². The van der Waals surface area contributed by atoms with Gasteiger partial charge in [0, 0.05) is 31.0 Å². The Labute approximate surface area is 123 Å². The Morgan fingerprint density at radius 1 is 1.33 bits per heavy atom. The van der Waals surface area contributed by atoms with E-state index in [0.29, 0.717) is 25.1 Å². The van der Waals surface area contributed by atoms with Crippen LogP contribution in [0.1, 0.15) is 23.7 Å². The van der Waals surface area contributed by atoms with E-state index in [4.69, 9.17) is 0 Å². The third kappa shape index (κ3) is 2.83. The van der Waals surface area contributed by atoms with Crippen molar-refractivity contribution >= 4 is 5.91 Å². The van der Waals surface area contributed by atoms with Gasteiger partial charge in [-0.3, -0.25) is 4.79 Å². The molecular weight excluding hydrogens is 266 g/mol. The van der Waals surface area contributed by atoms with E-state index < -0.39 is 0 Å². The summed E-state index contributed by atoms with van der Waals surface area (Å²) < 4.78 is 1.76. The second-order valence-corrected chi connectivity index (χ2v) is 5.58. The maximum atomic E-state index is 12.5. The summed E-state index contributed by atoms with van der Waals surface area (Å²) in [6, 6.07) is 9.30. The Balaban J connectivity index is 1.73. The number of amides is 1. The number of benzene rings is 1. The van der Waals surface area contributed by atoms with Crippen LogP contribution in [0.4, 0.5) is 0 Å². The lowest BCUT2D eigenvalue weighted by Gasteiger charge is -2.34. The van der Waals surface area contributed by atoms with Crippen LogP contribution in [0.15, 0.2) is 42.7 Å². The Morgan fingerprint density at radius 2 is 2.10 bits per heavy atom. The molecule has 1 aromatic carbocycles. The van der Waals surface area contributed by atoms with E-state index in [-0.39, 0.29) is 17.9 Å². The molecule has 2 atom stereocenters. The largest absolute Gasteiger partial charge is 0.393 e. The summed E-state index contributed by atoms with van der Waals surface area (Å²) in [5.41, 5.74) is 1.61. The predicted octanol–water partition coefficient (Wildman–Crippen LogP) is 1.72. The Morgan fingerprint density at radius 3 is 2.71 bits per heavy atom. The van der Waals surface area contributed by atoms with Crippen molar-refractivity contribution in [2.45, 2.75) is 19.4 Å². The van der Waals surface area contributed by atoms with Crippen molar-refractivity contribution in [2.75, 3.05) is 13.1 Å². The number of hydrogen-bond donors (Lipinski definition) is 1. The molecule has 1 fully saturated rings. The van der Waals surface area contributed by atoms with Crippen LogP contribution in [-0.4, -0.2) is 44.9 Å². The van der Waals surface area contributed by atoms with E-state index in [1.807, 2.05) is 48.4 Å². The molecule has 1 aliphatic heterocycles. The highest BCUT2D eigenvalue weighted by atomic mass is 16.3. The molecule has 2 heterocycles. The molecule has 0 spiro atoms. The number of carbonyl (C=O) groups excluding carboxylic acids is 1. The lowest BCUT2D eigenvalue weighted by atomic mass is 9.96. The highest BCUT2D eigenvalue weighted by molar-refractivity contribution is 5.94.